The number of nitro groups is 1. The Bertz CT molecular complexity index is 1060. The molecule has 1 N–H and O–H groups in total. The van der Waals surface area contributed by atoms with Crippen molar-refractivity contribution in [2.75, 3.05) is 36.4 Å². The number of rotatable bonds is 4. The highest BCUT2D eigenvalue weighted by Gasteiger charge is 2.22. The topological polar surface area (TPSA) is 105 Å². The lowest BCUT2D eigenvalue weighted by Gasteiger charge is -2.35. The van der Waals surface area contributed by atoms with Crippen molar-refractivity contribution in [2.45, 2.75) is 6.92 Å². The normalized spacial score (nSPS) is 13.9. The number of nitrogens with one attached hydrogen (secondary N) is 1. The molecule has 0 spiro atoms. The SMILES string of the molecule is Cc1nc(-c2cccc(NC(=O)N3CCN(c4ccc([N+](=O)[O-])nc4)CC3)c2)cs1. The van der Waals surface area contributed by atoms with E-state index in [2.05, 4.69) is 20.2 Å². The molecule has 30 heavy (non-hydrogen) atoms. The Balaban J connectivity index is 1.35. The molecule has 1 aliphatic heterocycles. The smallest absolute Gasteiger partial charge is 0.363 e. The number of carbonyl (C=O) groups is 1. The lowest BCUT2D eigenvalue weighted by atomic mass is 10.1. The Morgan fingerprint density at radius 2 is 2.00 bits per heavy atom. The van der Waals surface area contributed by atoms with Crippen LogP contribution in [0, 0.1) is 17.0 Å². The van der Waals surface area contributed by atoms with Crippen molar-refractivity contribution >= 4 is 34.6 Å². The van der Waals surface area contributed by atoms with E-state index in [4.69, 9.17) is 0 Å². The van der Waals surface area contributed by atoms with Gasteiger partial charge in [0, 0.05) is 48.9 Å². The number of nitrogens with zero attached hydrogens (tertiary/aromatic N) is 5. The van der Waals surface area contributed by atoms with E-state index in [9.17, 15) is 14.9 Å². The summed E-state index contributed by atoms with van der Waals surface area (Å²) in [6, 6.07) is 10.6. The van der Waals surface area contributed by atoms with Crippen LogP contribution < -0.4 is 10.2 Å². The zero-order valence-corrected chi connectivity index (χ0v) is 17.1. The molecule has 3 aromatic rings. The highest BCUT2D eigenvalue weighted by Crippen LogP contribution is 2.24. The van der Waals surface area contributed by atoms with Crippen molar-refractivity contribution < 1.29 is 9.72 Å². The molecule has 0 radical (unpaired) electrons. The van der Waals surface area contributed by atoms with Crippen LogP contribution in [0.5, 0.6) is 0 Å². The van der Waals surface area contributed by atoms with Crippen molar-refractivity contribution in [3.05, 3.63) is 63.1 Å². The van der Waals surface area contributed by atoms with Crippen LogP contribution in [0.2, 0.25) is 0 Å². The molecular formula is C20H20N6O3S. The molecule has 4 rings (SSSR count). The number of piperazine rings is 1. The zero-order valence-electron chi connectivity index (χ0n) is 16.3. The van der Waals surface area contributed by atoms with E-state index in [1.54, 1.807) is 22.3 Å². The number of carbonyl (C=O) groups excluding carboxylic acids is 1. The van der Waals surface area contributed by atoms with Gasteiger partial charge in [-0.25, -0.2) is 9.78 Å². The molecule has 0 aliphatic carbocycles. The van der Waals surface area contributed by atoms with Crippen LogP contribution in [0.15, 0.2) is 48.0 Å². The summed E-state index contributed by atoms with van der Waals surface area (Å²) in [7, 11) is 0. The lowest BCUT2D eigenvalue weighted by Crippen LogP contribution is -2.50. The van der Waals surface area contributed by atoms with E-state index in [-0.39, 0.29) is 11.8 Å². The van der Waals surface area contributed by atoms with Gasteiger partial charge < -0.3 is 25.2 Å². The third-order valence-corrected chi connectivity index (χ3v) is 5.65. The molecule has 3 heterocycles. The van der Waals surface area contributed by atoms with Crippen LogP contribution in [0.1, 0.15) is 5.01 Å². The largest absolute Gasteiger partial charge is 0.365 e. The third-order valence-electron chi connectivity index (χ3n) is 4.88. The zero-order chi connectivity index (χ0) is 21.1. The van der Waals surface area contributed by atoms with Gasteiger partial charge in [0.2, 0.25) is 0 Å². The average Bonchev–Trinajstić information content (AvgIpc) is 3.20. The summed E-state index contributed by atoms with van der Waals surface area (Å²) < 4.78 is 0. The molecule has 0 unspecified atom stereocenters. The van der Waals surface area contributed by atoms with Crippen LogP contribution >= 0.6 is 11.3 Å². The van der Waals surface area contributed by atoms with E-state index >= 15 is 0 Å². The summed E-state index contributed by atoms with van der Waals surface area (Å²) in [5.41, 5.74) is 3.41. The maximum atomic E-state index is 12.7. The molecule has 1 fully saturated rings. The molecule has 2 amide bonds. The number of amides is 2. The molecule has 0 saturated carbocycles. The fraction of sp³-hybridized carbons (Fsp3) is 0.250. The number of pyridine rings is 1. The number of thiazole rings is 1. The van der Waals surface area contributed by atoms with Crippen LogP contribution in [-0.2, 0) is 0 Å². The fourth-order valence-electron chi connectivity index (χ4n) is 3.30. The minimum absolute atomic E-state index is 0.150. The van der Waals surface area contributed by atoms with E-state index in [0.29, 0.717) is 26.2 Å². The predicted molar refractivity (Wildman–Crippen MR) is 116 cm³/mol. The summed E-state index contributed by atoms with van der Waals surface area (Å²) in [4.78, 5) is 35.1. The average molecular weight is 424 g/mol. The maximum absolute atomic E-state index is 12.7. The summed E-state index contributed by atoms with van der Waals surface area (Å²) in [6.45, 7) is 4.32. The van der Waals surface area contributed by atoms with Crippen molar-refractivity contribution in [1.29, 1.82) is 0 Å². The molecule has 0 atom stereocenters. The minimum Gasteiger partial charge on any atom is -0.365 e. The molecule has 0 bridgehead atoms. The highest BCUT2D eigenvalue weighted by molar-refractivity contribution is 7.09. The van der Waals surface area contributed by atoms with Gasteiger partial charge in [-0.2, -0.15) is 0 Å². The third kappa shape index (κ3) is 4.38. The van der Waals surface area contributed by atoms with Gasteiger partial charge in [0.15, 0.2) is 6.20 Å². The second-order valence-corrected chi connectivity index (χ2v) is 7.93. The first-order chi connectivity index (χ1) is 14.5. The van der Waals surface area contributed by atoms with Gasteiger partial charge in [0.1, 0.15) is 0 Å². The number of urea groups is 1. The molecule has 154 valence electrons. The Morgan fingerprint density at radius 1 is 1.20 bits per heavy atom. The molecule has 1 aromatic carbocycles. The van der Waals surface area contributed by atoms with Crippen molar-refractivity contribution in [3.8, 4) is 11.3 Å². The Labute approximate surface area is 177 Å². The molecule has 1 saturated heterocycles. The van der Waals surface area contributed by atoms with Gasteiger partial charge in [-0.1, -0.05) is 12.1 Å². The predicted octanol–water partition coefficient (Wildman–Crippen LogP) is 3.78. The van der Waals surface area contributed by atoms with Gasteiger partial charge in [-0.05, 0) is 35.0 Å². The van der Waals surface area contributed by atoms with Crippen molar-refractivity contribution in [3.63, 3.8) is 0 Å². The van der Waals surface area contributed by atoms with E-state index in [1.807, 2.05) is 36.6 Å². The van der Waals surface area contributed by atoms with Crippen molar-refractivity contribution in [2.24, 2.45) is 0 Å². The summed E-state index contributed by atoms with van der Waals surface area (Å²) in [6.07, 6.45) is 1.50. The van der Waals surface area contributed by atoms with Crippen LogP contribution in [0.4, 0.5) is 22.0 Å². The van der Waals surface area contributed by atoms with Gasteiger partial charge >= 0.3 is 11.8 Å². The monoisotopic (exact) mass is 424 g/mol. The van der Waals surface area contributed by atoms with E-state index < -0.39 is 4.92 Å². The first-order valence-corrected chi connectivity index (χ1v) is 10.3. The standard InChI is InChI=1S/C20H20N6O3S/c1-14-22-18(13-30-14)15-3-2-4-16(11-15)23-20(27)25-9-7-24(8-10-25)17-5-6-19(21-12-17)26(28)29/h2-6,11-13H,7-10H2,1H3,(H,23,27). The van der Waals surface area contributed by atoms with Crippen LogP contribution in [0.25, 0.3) is 11.3 Å². The summed E-state index contributed by atoms with van der Waals surface area (Å²) >= 11 is 1.59. The number of hydrogen-bond acceptors (Lipinski definition) is 7. The fourth-order valence-corrected chi connectivity index (χ4v) is 3.92. The number of aromatic nitrogens is 2. The van der Waals surface area contributed by atoms with Crippen LogP contribution in [-0.4, -0.2) is 52.0 Å². The van der Waals surface area contributed by atoms with Gasteiger partial charge in [-0.15, -0.1) is 11.3 Å². The number of aryl methyl sites for hydroxylation is 1. The van der Waals surface area contributed by atoms with Crippen molar-refractivity contribution in [1.82, 2.24) is 14.9 Å². The summed E-state index contributed by atoms with van der Waals surface area (Å²) in [5, 5.41) is 16.7. The van der Waals surface area contributed by atoms with Gasteiger partial charge in [0.25, 0.3) is 0 Å². The highest BCUT2D eigenvalue weighted by atomic mass is 32.1. The number of hydrogen-bond donors (Lipinski definition) is 1. The van der Waals surface area contributed by atoms with Gasteiger partial charge in [0.05, 0.1) is 16.4 Å². The Hall–Kier alpha value is -3.53. The van der Waals surface area contributed by atoms with Crippen LogP contribution in [0.3, 0.4) is 0 Å². The molecule has 10 heteroatoms. The lowest BCUT2D eigenvalue weighted by molar-refractivity contribution is -0.389. The quantitative estimate of drug-likeness (QED) is 0.505. The first-order valence-electron chi connectivity index (χ1n) is 9.43. The Morgan fingerprint density at radius 3 is 2.63 bits per heavy atom. The maximum Gasteiger partial charge on any atom is 0.363 e. The number of benzene rings is 1. The molecule has 1 aliphatic rings. The van der Waals surface area contributed by atoms with E-state index in [0.717, 1.165) is 27.6 Å². The van der Waals surface area contributed by atoms with E-state index in [1.165, 1.54) is 12.3 Å². The second-order valence-electron chi connectivity index (χ2n) is 6.87. The Kier molecular flexibility index (Phi) is 5.57. The molecule has 2 aromatic heterocycles. The minimum atomic E-state index is -0.517. The second kappa shape index (κ2) is 8.46. The molecular weight excluding hydrogens is 404 g/mol. The molecule has 9 nitrogen and oxygen atoms in total. The van der Waals surface area contributed by atoms with Gasteiger partial charge in [-0.3, -0.25) is 0 Å². The first kappa shape index (κ1) is 19.8. The number of anilines is 2. The summed E-state index contributed by atoms with van der Waals surface area (Å²) in [5.74, 6) is -0.174.